The highest BCUT2D eigenvalue weighted by Gasteiger charge is 2.81. The van der Waals surface area contributed by atoms with Gasteiger partial charge in [0.15, 0.2) is 51.5 Å². The lowest BCUT2D eigenvalue weighted by Gasteiger charge is -2.56. The maximum atomic E-state index is 16.3. The Morgan fingerprint density at radius 3 is 2.18 bits per heavy atom. The number of nitrogens with one attached hydrogen (secondary N) is 1. The molecule has 4 bridgehead atoms. The zero-order valence-electron chi connectivity index (χ0n) is 53.9. The van der Waals surface area contributed by atoms with E-state index in [1.165, 1.54) is 38.5 Å². The van der Waals surface area contributed by atoms with Gasteiger partial charge in [0.25, 0.3) is 0 Å². The standard InChI is InChI=1S/C72H77NO21/c1-33(2)12-11-21-70(8)22-20-41-61(92-70)40(18-13-34(3)4)63-54(62(41)91-66(82)36-14-16-39(17-15-36)89-68-60(79)59(78)58(77)50(30-74)90-68)56(75)45-24-38-27-51-69(6,7)94-71(64(38)80,72(45,51)93-63)23-19-35(5)65(81)73-55-43-29-47-46(87-32-88-47)28-42(43)52(53-44(55)31-86-67(53)83)37-25-48(84-9)57(76)49(26-37)85-10/h12-17,19-20,22,24-26,28-29,38,44,50-53,55,58-60,68,74,76-79H,11,18,21,23,27,30-32H2,1-10H3,(H,73,81)/b35-19-/t38?,44?,50-,51?,52?,53?,55?,58-,59-,60-,68-,70?,71?,72?/m1/s1. The van der Waals surface area contributed by atoms with Gasteiger partial charge in [-0.15, -0.1) is 0 Å². The van der Waals surface area contributed by atoms with Gasteiger partial charge in [0.1, 0.15) is 52.8 Å². The number of esters is 2. The fourth-order valence-corrected chi connectivity index (χ4v) is 15.5. The van der Waals surface area contributed by atoms with Crippen molar-refractivity contribution in [2.24, 2.45) is 23.7 Å². The van der Waals surface area contributed by atoms with Gasteiger partial charge in [-0.05, 0) is 158 Å². The summed E-state index contributed by atoms with van der Waals surface area (Å²) >= 11 is 0. The molecule has 3 saturated heterocycles. The molecule has 22 heteroatoms. The number of cyclic esters (lactones) is 1. The van der Waals surface area contributed by atoms with E-state index in [-0.39, 0.29) is 95.2 Å². The van der Waals surface area contributed by atoms with Crippen LogP contribution < -0.4 is 43.2 Å². The van der Waals surface area contributed by atoms with Gasteiger partial charge in [0, 0.05) is 46.8 Å². The molecule has 1 saturated carbocycles. The number of aliphatic hydroxyl groups is 4. The average molecular weight is 1290 g/mol. The van der Waals surface area contributed by atoms with Crippen LogP contribution in [0.15, 0.2) is 101 Å². The number of Topliss-reactive ketones (excluding diaryl/α,β-unsaturated/α-hetero) is 2. The number of phenols is 1. The summed E-state index contributed by atoms with van der Waals surface area (Å²) in [6, 6.07) is 11.6. The zero-order chi connectivity index (χ0) is 66.8. The van der Waals surface area contributed by atoms with Crippen molar-refractivity contribution in [1.29, 1.82) is 0 Å². The molecule has 22 nitrogen and oxygen atoms in total. The first-order valence-corrected chi connectivity index (χ1v) is 31.7. The fraction of sp³-hybridized carbons (Fsp3) is 0.458. The van der Waals surface area contributed by atoms with Gasteiger partial charge in [-0.3, -0.25) is 19.2 Å². The summed E-state index contributed by atoms with van der Waals surface area (Å²) in [7, 11) is 2.82. The first-order chi connectivity index (χ1) is 44.8. The second-order valence-electron chi connectivity index (χ2n) is 27.0. The van der Waals surface area contributed by atoms with Crippen molar-refractivity contribution < 1.29 is 102 Å². The Morgan fingerprint density at radius 1 is 0.819 bits per heavy atom. The van der Waals surface area contributed by atoms with Crippen LogP contribution in [0, 0.1) is 23.7 Å². The third kappa shape index (κ3) is 10.2. The number of carbonyl (C=O) groups excluding carboxylic acids is 5. The first kappa shape index (κ1) is 64.2. The number of fused-ring (bicyclic) bond motifs is 5. The van der Waals surface area contributed by atoms with Crippen molar-refractivity contribution in [3.05, 3.63) is 140 Å². The van der Waals surface area contributed by atoms with Gasteiger partial charge in [-0.1, -0.05) is 35.5 Å². The number of amides is 1. The number of hydrogen-bond donors (Lipinski definition) is 6. The minimum absolute atomic E-state index is 0.00938. The molecule has 6 heterocycles. The van der Waals surface area contributed by atoms with Crippen LogP contribution in [0.2, 0.25) is 0 Å². The third-order valence-corrected chi connectivity index (χ3v) is 20.2. The summed E-state index contributed by atoms with van der Waals surface area (Å²) in [5.74, 6) is -5.24. The van der Waals surface area contributed by atoms with Crippen molar-refractivity contribution >= 4 is 35.5 Å². The van der Waals surface area contributed by atoms with E-state index >= 15 is 14.4 Å². The number of methoxy groups -OCH3 is 2. The Morgan fingerprint density at radius 2 is 1.51 bits per heavy atom. The number of ether oxygens (including phenoxy) is 11. The molecular weight excluding hydrogens is 1210 g/mol. The van der Waals surface area contributed by atoms with E-state index in [9.17, 15) is 35.1 Å². The number of carbonyl (C=O) groups is 5. The number of aliphatic hydroxyl groups excluding tert-OH is 4. The Hall–Kier alpha value is -8.51. The van der Waals surface area contributed by atoms with Crippen LogP contribution in [-0.4, -0.2) is 142 Å². The SMILES string of the molecule is COc1cc(C2c3cc4c(cc3C(NC(=O)/C(C)=C\CC35OC(C)(C)C6CC(C=C7C(=O)c8c(OC(=O)c9ccc(O[C@@H]%10O[C@H](CO)[C@@H](O)[C@@H](O)[C@H]%10O)cc9)c9c(c(CC=C(C)C)c8OC763)OC(C)(CCC=C(C)C)C=C9)C5=O)C3COC(=O)C23)OCO4)cc(OC)c1O. The molecule has 0 aromatic heterocycles. The van der Waals surface area contributed by atoms with Gasteiger partial charge in [0.2, 0.25) is 24.7 Å². The molecule has 4 aromatic rings. The number of rotatable bonds is 17. The van der Waals surface area contributed by atoms with Crippen LogP contribution in [0.1, 0.15) is 142 Å². The molecule has 1 amide bonds. The number of phenolic OH excluding ortho intramolecular Hbond substituents is 1. The minimum atomic E-state index is -1.91. The molecule has 4 aliphatic carbocycles. The maximum Gasteiger partial charge on any atom is 0.343 e. The summed E-state index contributed by atoms with van der Waals surface area (Å²) in [6.45, 7) is 14.4. The first-order valence-electron chi connectivity index (χ1n) is 31.7. The van der Waals surface area contributed by atoms with E-state index in [0.29, 0.717) is 57.9 Å². The van der Waals surface area contributed by atoms with Gasteiger partial charge < -0.3 is 83.0 Å². The average Bonchev–Trinajstić information content (AvgIpc) is 1.42. The van der Waals surface area contributed by atoms with E-state index in [1.54, 1.807) is 49.4 Å². The molecule has 6 N–H and O–H groups in total. The van der Waals surface area contributed by atoms with Crippen molar-refractivity contribution in [1.82, 2.24) is 5.32 Å². The van der Waals surface area contributed by atoms with Crippen LogP contribution in [0.25, 0.3) is 6.08 Å². The predicted octanol–water partition coefficient (Wildman–Crippen LogP) is 8.09. The molecule has 4 aromatic carbocycles. The Kier molecular flexibility index (Phi) is 16.2. The van der Waals surface area contributed by atoms with Crippen LogP contribution >= 0.6 is 0 Å². The van der Waals surface area contributed by atoms with Gasteiger partial charge in [-0.2, -0.15) is 0 Å². The molecule has 9 unspecified atom stereocenters. The maximum absolute atomic E-state index is 16.3. The lowest BCUT2D eigenvalue weighted by molar-refractivity contribution is -0.277. The molecule has 6 aliphatic heterocycles. The zero-order valence-corrected chi connectivity index (χ0v) is 53.9. The predicted molar refractivity (Wildman–Crippen MR) is 335 cm³/mol. The van der Waals surface area contributed by atoms with Crippen LogP contribution in [0.4, 0.5) is 0 Å². The molecule has 10 aliphatic rings. The second-order valence-corrected chi connectivity index (χ2v) is 27.0. The Balaban J connectivity index is 0.880. The van der Waals surface area contributed by atoms with E-state index in [0.717, 1.165) is 11.1 Å². The van der Waals surface area contributed by atoms with E-state index < -0.39 is 119 Å². The van der Waals surface area contributed by atoms with Gasteiger partial charge in [0.05, 0.1) is 56.1 Å². The van der Waals surface area contributed by atoms with Crippen molar-refractivity contribution in [2.45, 2.75) is 153 Å². The van der Waals surface area contributed by atoms with Crippen LogP contribution in [-0.2, 0) is 35.0 Å². The largest absolute Gasteiger partial charge is 0.502 e. The molecule has 1 spiro atoms. The highest BCUT2D eigenvalue weighted by molar-refractivity contribution is 6.19. The second kappa shape index (κ2) is 23.7. The summed E-state index contributed by atoms with van der Waals surface area (Å²) in [4.78, 5) is 75.9. The quantitative estimate of drug-likeness (QED) is 0.0252. The smallest absolute Gasteiger partial charge is 0.343 e. The fourth-order valence-electron chi connectivity index (χ4n) is 15.5. The molecule has 496 valence electrons. The number of hydrogen-bond acceptors (Lipinski definition) is 21. The molecule has 14 rings (SSSR count). The van der Waals surface area contributed by atoms with Gasteiger partial charge >= 0.3 is 11.9 Å². The number of aromatic hydroxyl groups is 1. The number of allylic oxidation sites excluding steroid dienone is 5. The van der Waals surface area contributed by atoms with Crippen molar-refractivity contribution in [2.75, 3.05) is 34.2 Å². The molecule has 14 atom stereocenters. The topological polar surface area (TPSA) is 300 Å². The van der Waals surface area contributed by atoms with E-state index in [1.807, 2.05) is 60.6 Å². The Labute approximate surface area is 542 Å². The Bertz CT molecular complexity index is 3970. The lowest BCUT2D eigenvalue weighted by atomic mass is 9.51. The molecule has 4 fully saturated rings. The van der Waals surface area contributed by atoms with Crippen LogP contribution in [0.3, 0.4) is 0 Å². The summed E-state index contributed by atoms with van der Waals surface area (Å²) in [5.41, 5.74) is -0.804. The normalized spacial score (nSPS) is 30.8. The molecular formula is C72H77NO21. The lowest BCUT2D eigenvalue weighted by Crippen LogP contribution is -2.72. The monoisotopic (exact) mass is 1290 g/mol. The van der Waals surface area contributed by atoms with E-state index in [4.69, 9.17) is 52.1 Å². The van der Waals surface area contributed by atoms with Gasteiger partial charge in [-0.25, -0.2) is 4.79 Å². The van der Waals surface area contributed by atoms with Crippen molar-refractivity contribution in [3.8, 4) is 51.7 Å². The third-order valence-electron chi connectivity index (χ3n) is 20.2. The summed E-state index contributed by atoms with van der Waals surface area (Å²) < 4.78 is 68.5. The number of benzene rings is 4. The van der Waals surface area contributed by atoms with E-state index in [2.05, 4.69) is 11.4 Å². The summed E-state index contributed by atoms with van der Waals surface area (Å²) in [5, 5.41) is 55.3. The minimum Gasteiger partial charge on any atom is -0.502 e. The summed E-state index contributed by atoms with van der Waals surface area (Å²) in [6.07, 6.45) is 4.76. The van der Waals surface area contributed by atoms with Crippen molar-refractivity contribution in [3.63, 3.8) is 0 Å². The van der Waals surface area contributed by atoms with Crippen LogP contribution in [0.5, 0.6) is 51.7 Å². The highest BCUT2D eigenvalue weighted by Crippen LogP contribution is 2.69. The highest BCUT2D eigenvalue weighted by atomic mass is 16.7. The molecule has 0 radical (unpaired) electrons. The number of ketones is 2. The molecule has 94 heavy (non-hydrogen) atoms.